The zero-order valence-electron chi connectivity index (χ0n) is 13.7. The average molecular weight is 364 g/mol. The predicted molar refractivity (Wildman–Crippen MR) is 94.9 cm³/mol. The normalized spacial score (nSPS) is 16.3. The van der Waals surface area contributed by atoms with Crippen molar-refractivity contribution >= 4 is 27.3 Å². The lowest BCUT2D eigenvalue weighted by Crippen LogP contribution is -2.50. The molecule has 0 aliphatic carbocycles. The van der Waals surface area contributed by atoms with Crippen molar-refractivity contribution in [1.82, 2.24) is 9.21 Å². The predicted octanol–water partition coefficient (Wildman–Crippen LogP) is 2.51. The van der Waals surface area contributed by atoms with Crippen LogP contribution in [0.25, 0.3) is 0 Å². The maximum absolute atomic E-state index is 12.7. The van der Waals surface area contributed by atoms with Gasteiger partial charge in [0.25, 0.3) is 15.9 Å². The van der Waals surface area contributed by atoms with Gasteiger partial charge in [-0.3, -0.25) is 4.79 Å². The Labute approximate surface area is 146 Å². The van der Waals surface area contributed by atoms with Crippen molar-refractivity contribution in [2.75, 3.05) is 26.2 Å². The Hall–Kier alpha value is -1.70. The van der Waals surface area contributed by atoms with Gasteiger partial charge in [-0.25, -0.2) is 8.42 Å². The molecule has 0 unspecified atom stereocenters. The number of carbonyl (C=O) groups is 1. The fourth-order valence-electron chi connectivity index (χ4n) is 2.89. The minimum Gasteiger partial charge on any atom is -0.336 e. The van der Waals surface area contributed by atoms with Crippen molar-refractivity contribution in [2.45, 2.75) is 18.1 Å². The monoisotopic (exact) mass is 364 g/mol. The number of benzene rings is 1. The van der Waals surface area contributed by atoms with E-state index in [2.05, 4.69) is 0 Å². The van der Waals surface area contributed by atoms with Crippen molar-refractivity contribution in [3.05, 3.63) is 52.4 Å². The van der Waals surface area contributed by atoms with Crippen LogP contribution in [0.1, 0.15) is 21.5 Å². The molecule has 7 heteroatoms. The van der Waals surface area contributed by atoms with Crippen LogP contribution in [0.4, 0.5) is 0 Å². The van der Waals surface area contributed by atoms with Gasteiger partial charge < -0.3 is 4.90 Å². The number of amides is 1. The van der Waals surface area contributed by atoms with Crippen molar-refractivity contribution < 1.29 is 13.2 Å². The molecule has 24 heavy (non-hydrogen) atoms. The lowest BCUT2D eigenvalue weighted by Gasteiger charge is -2.34. The SMILES string of the molecule is Cc1ccc(C(=O)N2CCN(S(=O)(=O)c3cccs3)CC2)c(C)c1. The Morgan fingerprint density at radius 1 is 1.08 bits per heavy atom. The van der Waals surface area contributed by atoms with Gasteiger partial charge in [-0.2, -0.15) is 4.31 Å². The number of hydrogen-bond donors (Lipinski definition) is 0. The minimum atomic E-state index is -3.43. The second kappa shape index (κ2) is 6.66. The van der Waals surface area contributed by atoms with Crippen LogP contribution in [-0.4, -0.2) is 49.7 Å². The van der Waals surface area contributed by atoms with E-state index in [1.54, 1.807) is 22.4 Å². The number of thiophene rings is 1. The first kappa shape index (κ1) is 17.1. The zero-order valence-corrected chi connectivity index (χ0v) is 15.4. The summed E-state index contributed by atoms with van der Waals surface area (Å²) >= 11 is 1.22. The summed E-state index contributed by atoms with van der Waals surface area (Å²) in [6, 6.07) is 9.12. The highest BCUT2D eigenvalue weighted by Gasteiger charge is 2.31. The van der Waals surface area contributed by atoms with E-state index in [1.165, 1.54) is 15.6 Å². The summed E-state index contributed by atoms with van der Waals surface area (Å²) in [5.41, 5.74) is 2.76. The summed E-state index contributed by atoms with van der Waals surface area (Å²) in [6.45, 7) is 5.41. The molecule has 1 aliphatic heterocycles. The second-order valence-electron chi connectivity index (χ2n) is 5.95. The number of nitrogens with zero attached hydrogens (tertiary/aromatic N) is 2. The molecule has 1 amide bonds. The highest BCUT2D eigenvalue weighted by molar-refractivity contribution is 7.91. The maximum atomic E-state index is 12.7. The summed E-state index contributed by atoms with van der Waals surface area (Å²) in [4.78, 5) is 14.4. The number of piperazine rings is 1. The smallest absolute Gasteiger partial charge is 0.254 e. The van der Waals surface area contributed by atoms with E-state index in [4.69, 9.17) is 0 Å². The third-order valence-electron chi connectivity index (χ3n) is 4.23. The number of sulfonamides is 1. The fraction of sp³-hybridized carbons (Fsp3) is 0.353. The van der Waals surface area contributed by atoms with Crippen molar-refractivity contribution in [1.29, 1.82) is 0 Å². The molecule has 1 aliphatic rings. The first-order chi connectivity index (χ1) is 11.4. The molecule has 5 nitrogen and oxygen atoms in total. The van der Waals surface area contributed by atoms with Gasteiger partial charge in [0.15, 0.2) is 0 Å². The number of rotatable bonds is 3. The fourth-order valence-corrected chi connectivity index (χ4v) is 5.46. The largest absolute Gasteiger partial charge is 0.336 e. The molecule has 0 atom stereocenters. The van der Waals surface area contributed by atoms with Gasteiger partial charge in [0, 0.05) is 31.7 Å². The third-order valence-corrected chi connectivity index (χ3v) is 7.50. The van der Waals surface area contributed by atoms with Crippen LogP contribution < -0.4 is 0 Å². The first-order valence-electron chi connectivity index (χ1n) is 7.80. The highest BCUT2D eigenvalue weighted by Crippen LogP contribution is 2.23. The molecular weight excluding hydrogens is 344 g/mol. The number of carbonyl (C=O) groups excluding carboxylic acids is 1. The Morgan fingerprint density at radius 3 is 2.38 bits per heavy atom. The van der Waals surface area contributed by atoms with E-state index < -0.39 is 10.0 Å². The van der Waals surface area contributed by atoms with Crippen LogP contribution >= 0.6 is 11.3 Å². The summed E-state index contributed by atoms with van der Waals surface area (Å²) < 4.78 is 26.9. The van der Waals surface area contributed by atoms with E-state index in [0.717, 1.165) is 11.1 Å². The Bertz CT molecular complexity index is 837. The second-order valence-corrected chi connectivity index (χ2v) is 9.06. The Kier molecular flexibility index (Phi) is 4.76. The van der Waals surface area contributed by atoms with Crippen molar-refractivity contribution in [3.8, 4) is 0 Å². The third kappa shape index (κ3) is 3.24. The number of aryl methyl sites for hydroxylation is 2. The van der Waals surface area contributed by atoms with Crippen LogP contribution in [0.15, 0.2) is 39.9 Å². The minimum absolute atomic E-state index is 0.0272. The van der Waals surface area contributed by atoms with E-state index in [0.29, 0.717) is 36.0 Å². The van der Waals surface area contributed by atoms with Gasteiger partial charge in [0.2, 0.25) is 0 Å². The summed E-state index contributed by atoms with van der Waals surface area (Å²) in [7, 11) is -3.43. The number of hydrogen-bond acceptors (Lipinski definition) is 4. The van der Waals surface area contributed by atoms with Crippen molar-refractivity contribution in [3.63, 3.8) is 0 Å². The van der Waals surface area contributed by atoms with Crippen LogP contribution in [0.3, 0.4) is 0 Å². The van der Waals surface area contributed by atoms with Crippen LogP contribution in [0, 0.1) is 13.8 Å². The van der Waals surface area contributed by atoms with Crippen LogP contribution in [0.2, 0.25) is 0 Å². The molecule has 0 bridgehead atoms. The van der Waals surface area contributed by atoms with Gasteiger partial charge in [-0.1, -0.05) is 23.8 Å². The zero-order chi connectivity index (χ0) is 17.3. The van der Waals surface area contributed by atoms with Gasteiger partial charge in [0.05, 0.1) is 0 Å². The average Bonchev–Trinajstić information content (AvgIpc) is 3.10. The topological polar surface area (TPSA) is 57.7 Å². The van der Waals surface area contributed by atoms with Crippen molar-refractivity contribution in [2.24, 2.45) is 0 Å². The molecule has 2 aromatic rings. The van der Waals surface area contributed by atoms with E-state index >= 15 is 0 Å². The Morgan fingerprint density at radius 2 is 1.79 bits per heavy atom. The van der Waals surface area contributed by atoms with E-state index in [1.807, 2.05) is 32.0 Å². The quantitative estimate of drug-likeness (QED) is 0.841. The molecule has 1 aromatic heterocycles. The molecule has 0 saturated carbocycles. The Balaban J connectivity index is 1.70. The summed E-state index contributed by atoms with van der Waals surface area (Å²) in [6.07, 6.45) is 0. The van der Waals surface area contributed by atoms with E-state index in [-0.39, 0.29) is 5.91 Å². The van der Waals surface area contributed by atoms with Gasteiger partial charge in [-0.15, -0.1) is 11.3 Å². The summed E-state index contributed by atoms with van der Waals surface area (Å²) in [5, 5.41) is 1.76. The summed E-state index contributed by atoms with van der Waals surface area (Å²) in [5.74, 6) is -0.0272. The molecule has 1 fully saturated rings. The van der Waals surface area contributed by atoms with Gasteiger partial charge in [-0.05, 0) is 36.9 Å². The molecule has 0 spiro atoms. The molecule has 3 rings (SSSR count). The van der Waals surface area contributed by atoms with Gasteiger partial charge in [0.1, 0.15) is 4.21 Å². The molecular formula is C17H20N2O3S2. The van der Waals surface area contributed by atoms with Gasteiger partial charge >= 0.3 is 0 Å². The maximum Gasteiger partial charge on any atom is 0.254 e. The first-order valence-corrected chi connectivity index (χ1v) is 10.1. The molecule has 128 valence electrons. The van der Waals surface area contributed by atoms with Crippen LogP contribution in [0.5, 0.6) is 0 Å². The lowest BCUT2D eigenvalue weighted by molar-refractivity contribution is 0.0697. The molecule has 0 N–H and O–H groups in total. The lowest BCUT2D eigenvalue weighted by atomic mass is 10.0. The molecule has 2 heterocycles. The molecule has 0 radical (unpaired) electrons. The van der Waals surface area contributed by atoms with Crippen LogP contribution in [-0.2, 0) is 10.0 Å². The molecule has 1 aromatic carbocycles. The highest BCUT2D eigenvalue weighted by atomic mass is 32.2. The molecule has 1 saturated heterocycles. The van der Waals surface area contributed by atoms with E-state index in [9.17, 15) is 13.2 Å². The standard InChI is InChI=1S/C17H20N2O3S2/c1-13-5-6-15(14(2)12-13)17(20)18-7-9-19(10-8-18)24(21,22)16-4-3-11-23-16/h3-6,11-12H,7-10H2,1-2H3.